The van der Waals surface area contributed by atoms with Crippen LogP contribution in [0.2, 0.25) is 5.02 Å². The van der Waals surface area contributed by atoms with E-state index in [1.54, 1.807) is 0 Å². The third kappa shape index (κ3) is 2.63. The standard InChI is InChI=1S/C21H18ClN3/c22-17-10-8-16(9-11-17)21(12-13-21)20-23-18(14-4-2-1-3-5-14)19(24-25-20)15-6-7-15/h1-5,8-11,15H,6-7,12-13H2. The number of nitrogens with zero attached hydrogens (tertiary/aromatic N) is 3. The summed E-state index contributed by atoms with van der Waals surface area (Å²) in [6, 6.07) is 18.4. The Kier molecular flexibility index (Phi) is 3.39. The second kappa shape index (κ2) is 5.63. The summed E-state index contributed by atoms with van der Waals surface area (Å²) in [5, 5.41) is 9.95. The highest BCUT2D eigenvalue weighted by Crippen LogP contribution is 2.53. The highest BCUT2D eigenvalue weighted by molar-refractivity contribution is 6.30. The lowest BCUT2D eigenvalue weighted by atomic mass is 9.95. The average Bonchev–Trinajstić information content (AvgIpc) is 3.56. The van der Waals surface area contributed by atoms with Crippen LogP contribution in [0.5, 0.6) is 0 Å². The molecule has 0 radical (unpaired) electrons. The van der Waals surface area contributed by atoms with Crippen molar-refractivity contribution in [1.82, 2.24) is 15.2 Å². The summed E-state index contributed by atoms with van der Waals surface area (Å²) in [6.07, 6.45) is 4.51. The van der Waals surface area contributed by atoms with Crippen molar-refractivity contribution in [3.05, 3.63) is 76.7 Å². The first-order valence-corrected chi connectivity index (χ1v) is 9.21. The van der Waals surface area contributed by atoms with E-state index in [2.05, 4.69) is 46.6 Å². The number of benzene rings is 2. The molecule has 2 saturated carbocycles. The third-order valence-electron chi connectivity index (χ3n) is 5.30. The largest absolute Gasteiger partial charge is 0.228 e. The van der Waals surface area contributed by atoms with E-state index in [1.165, 1.54) is 18.4 Å². The van der Waals surface area contributed by atoms with Gasteiger partial charge in [0, 0.05) is 16.5 Å². The lowest BCUT2D eigenvalue weighted by Crippen LogP contribution is -2.16. The van der Waals surface area contributed by atoms with Crippen molar-refractivity contribution in [2.45, 2.75) is 37.0 Å². The highest BCUT2D eigenvalue weighted by Gasteiger charge is 2.49. The fourth-order valence-corrected chi connectivity index (χ4v) is 3.64. The molecule has 0 saturated heterocycles. The molecular weight excluding hydrogens is 330 g/mol. The normalized spacial score (nSPS) is 18.1. The lowest BCUT2D eigenvalue weighted by Gasteiger charge is -2.16. The topological polar surface area (TPSA) is 38.7 Å². The van der Waals surface area contributed by atoms with Gasteiger partial charge in [0.05, 0.1) is 16.8 Å². The second-order valence-electron chi connectivity index (χ2n) is 7.10. The molecule has 25 heavy (non-hydrogen) atoms. The smallest absolute Gasteiger partial charge is 0.162 e. The van der Waals surface area contributed by atoms with Gasteiger partial charge >= 0.3 is 0 Å². The molecule has 0 unspecified atom stereocenters. The molecule has 2 aromatic carbocycles. The zero-order valence-electron chi connectivity index (χ0n) is 13.8. The van der Waals surface area contributed by atoms with Gasteiger partial charge in [0.15, 0.2) is 5.82 Å². The van der Waals surface area contributed by atoms with Crippen LogP contribution in [0.3, 0.4) is 0 Å². The molecule has 0 spiro atoms. The Morgan fingerprint density at radius 1 is 0.880 bits per heavy atom. The van der Waals surface area contributed by atoms with E-state index in [1.807, 2.05) is 18.2 Å². The van der Waals surface area contributed by atoms with Gasteiger partial charge in [-0.05, 0) is 43.4 Å². The molecule has 1 aromatic heterocycles. The fraction of sp³-hybridized carbons (Fsp3) is 0.286. The molecule has 3 aromatic rings. The van der Waals surface area contributed by atoms with Crippen LogP contribution in [0.4, 0.5) is 0 Å². The molecule has 0 bridgehead atoms. The molecule has 1 heterocycles. The van der Waals surface area contributed by atoms with Gasteiger partial charge in [0.1, 0.15) is 0 Å². The molecule has 124 valence electrons. The van der Waals surface area contributed by atoms with Gasteiger partial charge in [0.2, 0.25) is 0 Å². The van der Waals surface area contributed by atoms with Gasteiger partial charge in [-0.15, -0.1) is 5.10 Å². The summed E-state index contributed by atoms with van der Waals surface area (Å²) in [5.74, 6) is 1.37. The molecular formula is C21H18ClN3. The summed E-state index contributed by atoms with van der Waals surface area (Å²) < 4.78 is 0. The maximum atomic E-state index is 6.05. The minimum absolute atomic E-state index is 0.0940. The summed E-state index contributed by atoms with van der Waals surface area (Å²) in [4.78, 5) is 5.03. The minimum atomic E-state index is -0.0940. The van der Waals surface area contributed by atoms with Crippen LogP contribution in [0, 0.1) is 0 Å². The van der Waals surface area contributed by atoms with Crippen molar-refractivity contribution >= 4 is 11.6 Å². The van der Waals surface area contributed by atoms with Gasteiger partial charge in [-0.2, -0.15) is 5.10 Å². The summed E-state index contributed by atoms with van der Waals surface area (Å²) in [6.45, 7) is 0. The van der Waals surface area contributed by atoms with Crippen LogP contribution in [-0.4, -0.2) is 15.2 Å². The molecule has 5 rings (SSSR count). The van der Waals surface area contributed by atoms with E-state index in [0.29, 0.717) is 5.92 Å². The number of halogens is 1. The van der Waals surface area contributed by atoms with Gasteiger partial charge < -0.3 is 0 Å². The molecule has 0 aliphatic heterocycles. The van der Waals surface area contributed by atoms with E-state index >= 15 is 0 Å². The predicted molar refractivity (Wildman–Crippen MR) is 98.7 cm³/mol. The van der Waals surface area contributed by atoms with Crippen LogP contribution >= 0.6 is 11.6 Å². The van der Waals surface area contributed by atoms with Crippen molar-refractivity contribution in [3.8, 4) is 11.3 Å². The van der Waals surface area contributed by atoms with E-state index in [0.717, 1.165) is 40.6 Å². The Hall–Kier alpha value is -2.26. The van der Waals surface area contributed by atoms with Crippen LogP contribution in [-0.2, 0) is 5.41 Å². The fourth-order valence-electron chi connectivity index (χ4n) is 3.51. The molecule has 2 aliphatic carbocycles. The molecule has 0 amide bonds. The second-order valence-corrected chi connectivity index (χ2v) is 7.53. The zero-order chi connectivity index (χ0) is 16.9. The Labute approximate surface area is 152 Å². The highest BCUT2D eigenvalue weighted by atomic mass is 35.5. The lowest BCUT2D eigenvalue weighted by molar-refractivity contribution is 0.704. The van der Waals surface area contributed by atoms with Crippen molar-refractivity contribution in [2.24, 2.45) is 0 Å². The monoisotopic (exact) mass is 347 g/mol. The Balaban J connectivity index is 1.62. The van der Waals surface area contributed by atoms with Crippen molar-refractivity contribution < 1.29 is 0 Å². The molecule has 0 atom stereocenters. The zero-order valence-corrected chi connectivity index (χ0v) is 14.6. The predicted octanol–water partition coefficient (Wildman–Crippen LogP) is 5.15. The van der Waals surface area contributed by atoms with Gasteiger partial charge in [-0.25, -0.2) is 4.98 Å². The Bertz CT molecular complexity index is 914. The molecule has 4 heteroatoms. The van der Waals surface area contributed by atoms with Gasteiger partial charge in [0.25, 0.3) is 0 Å². The van der Waals surface area contributed by atoms with Gasteiger partial charge in [-0.3, -0.25) is 0 Å². The minimum Gasteiger partial charge on any atom is -0.228 e. The number of hydrogen-bond donors (Lipinski definition) is 0. The number of rotatable bonds is 4. The quantitative estimate of drug-likeness (QED) is 0.655. The number of aromatic nitrogens is 3. The molecule has 2 fully saturated rings. The third-order valence-corrected chi connectivity index (χ3v) is 5.55. The van der Waals surface area contributed by atoms with Crippen LogP contribution in [0.1, 0.15) is 48.7 Å². The molecule has 3 nitrogen and oxygen atoms in total. The Morgan fingerprint density at radius 3 is 2.24 bits per heavy atom. The van der Waals surface area contributed by atoms with Crippen LogP contribution in [0.25, 0.3) is 11.3 Å². The maximum absolute atomic E-state index is 6.05. The first-order chi connectivity index (χ1) is 12.3. The van der Waals surface area contributed by atoms with E-state index < -0.39 is 0 Å². The average molecular weight is 348 g/mol. The summed E-state index contributed by atoms with van der Waals surface area (Å²) >= 11 is 6.05. The van der Waals surface area contributed by atoms with E-state index in [4.69, 9.17) is 16.6 Å². The number of hydrogen-bond acceptors (Lipinski definition) is 3. The van der Waals surface area contributed by atoms with Gasteiger partial charge in [-0.1, -0.05) is 54.1 Å². The first kappa shape index (κ1) is 15.0. The summed E-state index contributed by atoms with van der Waals surface area (Å²) in [7, 11) is 0. The first-order valence-electron chi connectivity index (χ1n) is 8.83. The maximum Gasteiger partial charge on any atom is 0.162 e. The Morgan fingerprint density at radius 2 is 1.60 bits per heavy atom. The van der Waals surface area contributed by atoms with Crippen molar-refractivity contribution in [1.29, 1.82) is 0 Å². The van der Waals surface area contributed by atoms with Crippen molar-refractivity contribution in [2.75, 3.05) is 0 Å². The van der Waals surface area contributed by atoms with E-state index in [9.17, 15) is 0 Å². The van der Waals surface area contributed by atoms with Crippen molar-refractivity contribution in [3.63, 3.8) is 0 Å². The van der Waals surface area contributed by atoms with Crippen LogP contribution < -0.4 is 0 Å². The molecule has 2 aliphatic rings. The SMILES string of the molecule is Clc1ccc(C2(c3nnc(C4CC4)c(-c4ccccc4)n3)CC2)cc1. The van der Waals surface area contributed by atoms with Crippen LogP contribution in [0.15, 0.2) is 54.6 Å². The summed E-state index contributed by atoms with van der Waals surface area (Å²) in [5.41, 5.74) is 4.34. The van der Waals surface area contributed by atoms with E-state index in [-0.39, 0.29) is 5.41 Å². The molecule has 0 N–H and O–H groups in total.